The maximum Gasteiger partial charge on any atom is 0.417 e. The number of amides is 4. The van der Waals surface area contributed by atoms with E-state index in [-0.39, 0.29) is 30.2 Å². The second-order valence-electron chi connectivity index (χ2n) is 8.01. The second-order valence-corrected chi connectivity index (χ2v) is 8.01. The van der Waals surface area contributed by atoms with Crippen molar-refractivity contribution in [2.75, 3.05) is 11.4 Å². The van der Waals surface area contributed by atoms with Gasteiger partial charge in [0.2, 0.25) is 0 Å². The average Bonchev–Trinajstić information content (AvgIpc) is 2.91. The molecule has 4 rings (SSSR count). The van der Waals surface area contributed by atoms with Gasteiger partial charge in [-0.25, -0.2) is 9.78 Å². The third kappa shape index (κ3) is 5.51. The maximum atomic E-state index is 13.4. The monoisotopic (exact) mass is 525 g/mol. The number of non-ortho nitro benzene ring substituents is 1. The predicted octanol–water partition coefficient (Wildman–Crippen LogP) is 4.53. The molecule has 2 heterocycles. The van der Waals surface area contributed by atoms with Crippen molar-refractivity contribution in [1.82, 2.24) is 15.2 Å². The zero-order valence-electron chi connectivity index (χ0n) is 19.4. The molecule has 13 heteroatoms. The van der Waals surface area contributed by atoms with Crippen LogP contribution in [0.5, 0.6) is 0 Å². The highest BCUT2D eigenvalue weighted by Gasteiger charge is 2.38. The Bertz CT molecular complexity index is 1420. The van der Waals surface area contributed by atoms with Crippen molar-refractivity contribution in [3.63, 3.8) is 0 Å². The Morgan fingerprint density at radius 2 is 1.76 bits per heavy atom. The van der Waals surface area contributed by atoms with Gasteiger partial charge in [0.05, 0.1) is 28.2 Å². The quantitative estimate of drug-likeness (QED) is 0.372. The lowest BCUT2D eigenvalue weighted by molar-refractivity contribution is -0.384. The minimum atomic E-state index is -4.78. The summed E-state index contributed by atoms with van der Waals surface area (Å²) in [4.78, 5) is 54.2. The first-order valence-corrected chi connectivity index (χ1v) is 11.0. The molecule has 0 aliphatic carbocycles. The smallest absolute Gasteiger partial charge is 0.348 e. The number of nitrogens with one attached hydrogen (secondary N) is 1. The van der Waals surface area contributed by atoms with Crippen LogP contribution in [0.2, 0.25) is 0 Å². The summed E-state index contributed by atoms with van der Waals surface area (Å²) in [5.41, 5.74) is -1.10. The van der Waals surface area contributed by atoms with Crippen molar-refractivity contribution in [3.05, 3.63) is 112 Å². The number of imide groups is 1. The number of carbonyl (C=O) groups excluding carboxylic acids is 3. The summed E-state index contributed by atoms with van der Waals surface area (Å²) in [7, 11) is 0. The molecule has 0 atom stereocenters. The molecule has 0 fully saturated rings. The molecule has 0 radical (unpaired) electrons. The number of carbonyl (C=O) groups is 3. The Kier molecular flexibility index (Phi) is 7.19. The minimum Gasteiger partial charge on any atom is -0.348 e. The van der Waals surface area contributed by atoms with Crippen LogP contribution in [-0.4, -0.2) is 39.2 Å². The van der Waals surface area contributed by atoms with Gasteiger partial charge in [-0.3, -0.25) is 29.5 Å². The van der Waals surface area contributed by atoms with Gasteiger partial charge < -0.3 is 5.32 Å². The van der Waals surface area contributed by atoms with E-state index in [0.717, 1.165) is 23.1 Å². The molecule has 1 N–H and O–H groups in total. The first kappa shape index (κ1) is 26.0. The lowest BCUT2D eigenvalue weighted by atomic mass is 10.1. The average molecular weight is 525 g/mol. The number of hydrogen-bond donors (Lipinski definition) is 1. The SMILES string of the molecule is O=C(NCc1ccc([N+](=O)[O-])cc1)c1ccc(N2C=CCN(C(=O)c3ccccc3C(F)(F)F)C2=O)nc1. The normalized spacial score (nSPS) is 13.4. The van der Waals surface area contributed by atoms with Gasteiger partial charge in [-0.05, 0) is 35.9 Å². The van der Waals surface area contributed by atoms with Crippen LogP contribution in [0.4, 0.5) is 29.5 Å². The number of anilines is 1. The van der Waals surface area contributed by atoms with E-state index in [1.54, 1.807) is 0 Å². The molecule has 0 saturated carbocycles. The number of nitro groups is 1. The van der Waals surface area contributed by atoms with Crippen molar-refractivity contribution in [3.8, 4) is 0 Å². The van der Waals surface area contributed by atoms with Crippen LogP contribution >= 0.6 is 0 Å². The molecule has 3 aromatic rings. The van der Waals surface area contributed by atoms with Crippen LogP contribution in [0.1, 0.15) is 31.8 Å². The molecule has 1 aromatic heterocycles. The van der Waals surface area contributed by atoms with Crippen LogP contribution in [0.25, 0.3) is 0 Å². The largest absolute Gasteiger partial charge is 0.417 e. The summed E-state index contributed by atoms with van der Waals surface area (Å²) in [6, 6.07) is 11.7. The van der Waals surface area contributed by atoms with Gasteiger partial charge in [0.25, 0.3) is 17.5 Å². The lowest BCUT2D eigenvalue weighted by Gasteiger charge is -2.30. The highest BCUT2D eigenvalue weighted by Crippen LogP contribution is 2.33. The Balaban J connectivity index is 1.44. The highest BCUT2D eigenvalue weighted by atomic mass is 19.4. The fourth-order valence-electron chi connectivity index (χ4n) is 3.62. The number of rotatable bonds is 6. The molecule has 1 aliphatic heterocycles. The highest BCUT2D eigenvalue weighted by molar-refractivity contribution is 6.10. The van der Waals surface area contributed by atoms with E-state index in [1.807, 2.05) is 0 Å². The number of nitro benzene ring substituents is 1. The molecule has 0 saturated heterocycles. The molecule has 0 unspecified atom stereocenters. The van der Waals surface area contributed by atoms with Crippen LogP contribution < -0.4 is 10.2 Å². The van der Waals surface area contributed by atoms with E-state index in [0.29, 0.717) is 10.5 Å². The Morgan fingerprint density at radius 1 is 1.05 bits per heavy atom. The summed E-state index contributed by atoms with van der Waals surface area (Å²) in [6.07, 6.45) is -0.834. The molecule has 10 nitrogen and oxygen atoms in total. The fourth-order valence-corrected chi connectivity index (χ4v) is 3.62. The molecular weight excluding hydrogens is 507 g/mol. The first-order valence-electron chi connectivity index (χ1n) is 11.0. The van der Waals surface area contributed by atoms with Crippen LogP contribution in [0, 0.1) is 10.1 Å². The van der Waals surface area contributed by atoms with Gasteiger partial charge in [0, 0.05) is 31.1 Å². The van der Waals surface area contributed by atoms with Crippen LogP contribution in [-0.2, 0) is 12.7 Å². The zero-order chi connectivity index (χ0) is 27.4. The fraction of sp³-hybridized carbons (Fsp3) is 0.120. The van der Waals surface area contributed by atoms with E-state index < -0.39 is 40.1 Å². The number of nitrogens with zero attached hydrogens (tertiary/aromatic N) is 4. The molecule has 38 heavy (non-hydrogen) atoms. The number of alkyl halides is 3. The Labute approximate surface area is 213 Å². The number of halogens is 3. The minimum absolute atomic E-state index is 0.0415. The van der Waals surface area contributed by atoms with Crippen molar-refractivity contribution >= 4 is 29.4 Å². The third-order valence-electron chi connectivity index (χ3n) is 5.54. The molecule has 0 spiro atoms. The summed E-state index contributed by atoms with van der Waals surface area (Å²) in [5, 5.41) is 13.4. The van der Waals surface area contributed by atoms with E-state index in [9.17, 15) is 37.7 Å². The number of pyridine rings is 1. The van der Waals surface area contributed by atoms with Crippen molar-refractivity contribution in [2.45, 2.75) is 12.7 Å². The number of aromatic nitrogens is 1. The van der Waals surface area contributed by atoms with Gasteiger partial charge in [-0.2, -0.15) is 13.2 Å². The molecule has 1 aliphatic rings. The Hall–Kier alpha value is -5.07. The summed E-state index contributed by atoms with van der Waals surface area (Å²) in [5.74, 6) is -1.57. The number of hydrogen-bond acceptors (Lipinski definition) is 6. The number of urea groups is 1. The molecular formula is C25H18F3N5O5. The van der Waals surface area contributed by atoms with E-state index >= 15 is 0 Å². The van der Waals surface area contributed by atoms with E-state index in [2.05, 4.69) is 10.3 Å². The second kappa shape index (κ2) is 10.5. The standard InChI is InChI=1S/C25H18F3N5O5/c26-25(27,28)20-5-2-1-4-19(20)23(35)32-13-3-12-31(24(32)36)21-11-8-17(15-29-21)22(34)30-14-16-6-9-18(10-7-16)33(37)38/h1-12,15H,13-14H2,(H,30,34). The number of benzene rings is 2. The topological polar surface area (TPSA) is 126 Å². The van der Waals surface area contributed by atoms with E-state index in [4.69, 9.17) is 0 Å². The lowest BCUT2D eigenvalue weighted by Crippen LogP contribution is -2.47. The van der Waals surface area contributed by atoms with Gasteiger partial charge in [0.15, 0.2) is 0 Å². The molecule has 0 bridgehead atoms. The summed E-state index contributed by atoms with van der Waals surface area (Å²) in [6.45, 7) is -0.133. The predicted molar refractivity (Wildman–Crippen MR) is 128 cm³/mol. The van der Waals surface area contributed by atoms with Crippen LogP contribution in [0.3, 0.4) is 0 Å². The van der Waals surface area contributed by atoms with Crippen molar-refractivity contribution in [2.24, 2.45) is 0 Å². The van der Waals surface area contributed by atoms with Gasteiger partial charge in [0.1, 0.15) is 5.82 Å². The third-order valence-corrected chi connectivity index (χ3v) is 5.54. The molecule has 4 amide bonds. The summed E-state index contributed by atoms with van der Waals surface area (Å²) < 4.78 is 40.1. The molecule has 2 aromatic carbocycles. The van der Waals surface area contributed by atoms with E-state index in [1.165, 1.54) is 60.9 Å². The first-order chi connectivity index (χ1) is 18.1. The van der Waals surface area contributed by atoms with Gasteiger partial charge in [-0.15, -0.1) is 0 Å². The van der Waals surface area contributed by atoms with Crippen LogP contribution in [0.15, 0.2) is 79.1 Å². The van der Waals surface area contributed by atoms with Crippen molar-refractivity contribution in [1.29, 1.82) is 0 Å². The van der Waals surface area contributed by atoms with Gasteiger partial charge >= 0.3 is 12.2 Å². The zero-order valence-corrected chi connectivity index (χ0v) is 19.4. The maximum absolute atomic E-state index is 13.4. The molecule has 194 valence electrons. The summed E-state index contributed by atoms with van der Waals surface area (Å²) >= 11 is 0. The Morgan fingerprint density at radius 3 is 2.39 bits per heavy atom. The van der Waals surface area contributed by atoms with Gasteiger partial charge in [-0.1, -0.05) is 24.3 Å². The van der Waals surface area contributed by atoms with Crippen molar-refractivity contribution < 1.29 is 32.5 Å².